The molecule has 12 heteroatoms. The second-order valence-electron chi connectivity index (χ2n) is 8.22. The third-order valence-corrected chi connectivity index (χ3v) is 5.77. The molecule has 3 heterocycles. The number of amides is 2. The maximum Gasteiger partial charge on any atom is 0.277 e. The number of rotatable bonds is 9. The summed E-state index contributed by atoms with van der Waals surface area (Å²) in [6.07, 6.45) is 2.77. The summed E-state index contributed by atoms with van der Waals surface area (Å²) in [4.78, 5) is 44.7. The van der Waals surface area contributed by atoms with Crippen LogP contribution in [-0.4, -0.2) is 57.9 Å². The van der Waals surface area contributed by atoms with Crippen molar-refractivity contribution >= 4 is 11.8 Å². The molecule has 37 heavy (non-hydrogen) atoms. The van der Waals surface area contributed by atoms with Crippen molar-refractivity contribution in [2.75, 3.05) is 31.4 Å². The van der Waals surface area contributed by atoms with Crippen molar-refractivity contribution < 1.29 is 28.2 Å². The van der Waals surface area contributed by atoms with Gasteiger partial charge in [-0.3, -0.25) is 29.1 Å². The molecule has 1 aromatic carbocycles. The molecule has 3 aromatic rings. The predicted octanol–water partition coefficient (Wildman–Crippen LogP) is 1.75. The van der Waals surface area contributed by atoms with Gasteiger partial charge in [-0.15, -0.1) is 0 Å². The van der Waals surface area contributed by atoms with Crippen LogP contribution >= 0.6 is 0 Å². The lowest BCUT2D eigenvalue weighted by Gasteiger charge is -2.39. The van der Waals surface area contributed by atoms with E-state index in [-0.39, 0.29) is 44.2 Å². The second-order valence-corrected chi connectivity index (χ2v) is 8.22. The normalized spacial score (nSPS) is 13.0. The fraction of sp³-hybridized carbons (Fsp3) is 0.280. The van der Waals surface area contributed by atoms with E-state index in [1.54, 1.807) is 29.4 Å². The summed E-state index contributed by atoms with van der Waals surface area (Å²) >= 11 is 0. The number of benzene rings is 1. The first-order chi connectivity index (χ1) is 17.8. The average molecular weight is 514 g/mol. The fourth-order valence-corrected chi connectivity index (χ4v) is 3.88. The zero-order chi connectivity index (χ0) is 26.5. The van der Waals surface area contributed by atoms with Crippen molar-refractivity contribution in [3.8, 4) is 5.75 Å². The quantitative estimate of drug-likeness (QED) is 0.419. The molecule has 0 fully saturated rings. The number of ether oxygens (including phenoxy) is 1. The van der Waals surface area contributed by atoms with E-state index >= 15 is 0 Å². The maximum absolute atomic E-state index is 14.0. The SMILES string of the molecule is CCOCCN1CN(Cc2ccccn2)n2cc(C(=O)NCc3ccc(F)cc3F)c(=O)c(O)c2C1=O. The summed E-state index contributed by atoms with van der Waals surface area (Å²) in [6.45, 7) is 2.69. The molecule has 0 unspecified atom stereocenters. The molecular formula is C25H25F2N5O5. The molecular weight excluding hydrogens is 488 g/mol. The standard InChI is InChI=1S/C25H25F2N5O5/c1-2-37-10-9-30-15-31(13-18-5-3-4-8-28-18)32-14-19(22(33)23(34)21(32)25(30)36)24(35)29-12-16-6-7-17(26)11-20(16)27/h3-8,11,14,34H,2,9-10,12-13,15H2,1H3,(H,29,35). The van der Waals surface area contributed by atoms with E-state index in [4.69, 9.17) is 4.74 Å². The highest BCUT2D eigenvalue weighted by Gasteiger charge is 2.34. The number of carbonyl (C=O) groups is 2. The molecule has 10 nitrogen and oxygen atoms in total. The first-order valence-corrected chi connectivity index (χ1v) is 11.5. The lowest BCUT2D eigenvalue weighted by atomic mass is 10.1. The number of aromatic hydroxyl groups is 1. The average Bonchev–Trinajstić information content (AvgIpc) is 2.88. The van der Waals surface area contributed by atoms with Gasteiger partial charge in [-0.1, -0.05) is 12.1 Å². The van der Waals surface area contributed by atoms with Crippen LogP contribution in [0, 0.1) is 11.6 Å². The monoisotopic (exact) mass is 513 g/mol. The highest BCUT2D eigenvalue weighted by atomic mass is 19.1. The zero-order valence-corrected chi connectivity index (χ0v) is 20.0. The van der Waals surface area contributed by atoms with Gasteiger partial charge in [0.2, 0.25) is 5.43 Å². The topological polar surface area (TPSA) is 117 Å². The number of nitrogens with one attached hydrogen (secondary N) is 1. The largest absolute Gasteiger partial charge is 0.502 e. The molecule has 0 radical (unpaired) electrons. The van der Waals surface area contributed by atoms with Crippen molar-refractivity contribution in [1.29, 1.82) is 0 Å². The summed E-state index contributed by atoms with van der Waals surface area (Å²) < 4.78 is 33.7. The number of hydrogen-bond acceptors (Lipinski definition) is 7. The molecule has 2 N–H and O–H groups in total. The van der Waals surface area contributed by atoms with E-state index < -0.39 is 40.2 Å². The van der Waals surface area contributed by atoms with Crippen LogP contribution in [0.3, 0.4) is 0 Å². The number of carbonyl (C=O) groups excluding carboxylic acids is 2. The van der Waals surface area contributed by atoms with E-state index in [1.807, 2.05) is 6.92 Å². The Kier molecular flexibility index (Phi) is 7.77. The minimum atomic E-state index is -1.05. The van der Waals surface area contributed by atoms with Crippen LogP contribution in [0.15, 0.2) is 53.6 Å². The highest BCUT2D eigenvalue weighted by Crippen LogP contribution is 2.22. The summed E-state index contributed by atoms with van der Waals surface area (Å²) in [5.74, 6) is -4.02. The molecule has 0 saturated heterocycles. The lowest BCUT2D eigenvalue weighted by molar-refractivity contribution is 0.0582. The Hall–Kier alpha value is -4.32. The number of fused-ring (bicyclic) bond motifs is 1. The van der Waals surface area contributed by atoms with Gasteiger partial charge in [0.05, 0.1) is 18.8 Å². The predicted molar refractivity (Wildman–Crippen MR) is 128 cm³/mol. The molecule has 0 aliphatic carbocycles. The Balaban J connectivity index is 1.67. The van der Waals surface area contributed by atoms with E-state index in [9.17, 15) is 28.3 Å². The van der Waals surface area contributed by atoms with E-state index in [0.717, 1.165) is 12.3 Å². The number of nitrogens with zero attached hydrogens (tertiary/aromatic N) is 4. The van der Waals surface area contributed by atoms with E-state index in [1.165, 1.54) is 15.6 Å². The van der Waals surface area contributed by atoms with Gasteiger partial charge in [0.1, 0.15) is 23.9 Å². The smallest absolute Gasteiger partial charge is 0.277 e. The van der Waals surface area contributed by atoms with Crippen LogP contribution < -0.4 is 15.8 Å². The molecule has 2 aromatic heterocycles. The molecule has 2 amide bonds. The molecule has 0 saturated carbocycles. The van der Waals surface area contributed by atoms with Gasteiger partial charge in [-0.05, 0) is 25.1 Å². The van der Waals surface area contributed by atoms with Crippen LogP contribution in [-0.2, 0) is 17.8 Å². The van der Waals surface area contributed by atoms with Crippen LogP contribution in [0.4, 0.5) is 8.78 Å². The van der Waals surface area contributed by atoms with Crippen molar-refractivity contribution in [3.63, 3.8) is 0 Å². The van der Waals surface area contributed by atoms with Crippen LogP contribution in [0.1, 0.15) is 39.0 Å². The van der Waals surface area contributed by atoms with Crippen LogP contribution in [0.5, 0.6) is 5.75 Å². The maximum atomic E-state index is 14.0. The summed E-state index contributed by atoms with van der Waals surface area (Å²) in [5.41, 5.74) is -1.16. The molecule has 1 aliphatic rings. The summed E-state index contributed by atoms with van der Waals surface area (Å²) in [5, 5.41) is 14.8. The lowest BCUT2D eigenvalue weighted by Crippen LogP contribution is -2.55. The minimum absolute atomic E-state index is 0.00827. The molecule has 0 bridgehead atoms. The third kappa shape index (κ3) is 5.59. The third-order valence-electron chi connectivity index (χ3n) is 5.77. The van der Waals surface area contributed by atoms with Crippen LogP contribution in [0.25, 0.3) is 0 Å². The Bertz CT molecular complexity index is 1370. The molecule has 1 aliphatic heterocycles. The van der Waals surface area contributed by atoms with Crippen molar-refractivity contribution in [1.82, 2.24) is 19.9 Å². The highest BCUT2D eigenvalue weighted by molar-refractivity contribution is 5.99. The Morgan fingerprint density at radius 2 is 2.03 bits per heavy atom. The molecule has 0 spiro atoms. The first kappa shape index (κ1) is 25.8. The number of halogens is 2. The van der Waals surface area contributed by atoms with Gasteiger partial charge in [0.15, 0.2) is 11.4 Å². The van der Waals surface area contributed by atoms with Crippen molar-refractivity contribution in [3.05, 3.63) is 93.2 Å². The Morgan fingerprint density at radius 3 is 2.73 bits per heavy atom. The van der Waals surface area contributed by atoms with Gasteiger partial charge >= 0.3 is 0 Å². The first-order valence-electron chi connectivity index (χ1n) is 11.5. The van der Waals surface area contributed by atoms with Crippen molar-refractivity contribution in [2.24, 2.45) is 0 Å². The number of hydrogen-bond donors (Lipinski definition) is 2. The zero-order valence-electron chi connectivity index (χ0n) is 20.0. The fourth-order valence-electron chi connectivity index (χ4n) is 3.88. The minimum Gasteiger partial charge on any atom is -0.502 e. The van der Waals surface area contributed by atoms with Gasteiger partial charge in [0, 0.05) is 43.7 Å². The molecule has 4 rings (SSSR count). The number of pyridine rings is 2. The Morgan fingerprint density at radius 1 is 1.22 bits per heavy atom. The van der Waals surface area contributed by atoms with Gasteiger partial charge < -0.3 is 20.1 Å². The summed E-state index contributed by atoms with van der Waals surface area (Å²) in [6, 6.07) is 8.21. The van der Waals surface area contributed by atoms with Gasteiger partial charge in [-0.25, -0.2) is 8.78 Å². The summed E-state index contributed by atoms with van der Waals surface area (Å²) in [7, 11) is 0. The molecule has 0 atom stereocenters. The van der Waals surface area contributed by atoms with Gasteiger partial charge in [-0.2, -0.15) is 0 Å². The second kappa shape index (κ2) is 11.2. The van der Waals surface area contributed by atoms with Crippen molar-refractivity contribution in [2.45, 2.75) is 20.0 Å². The van der Waals surface area contributed by atoms with Crippen LogP contribution in [0.2, 0.25) is 0 Å². The molecule has 194 valence electrons. The number of aromatic nitrogens is 2. The van der Waals surface area contributed by atoms with E-state index in [2.05, 4.69) is 10.3 Å². The van der Waals surface area contributed by atoms with E-state index in [0.29, 0.717) is 18.4 Å². The van der Waals surface area contributed by atoms with Gasteiger partial charge in [0.25, 0.3) is 11.8 Å². The Labute approximate surface area is 210 Å².